The van der Waals surface area contributed by atoms with Crippen molar-refractivity contribution in [3.05, 3.63) is 64.1 Å². The van der Waals surface area contributed by atoms with Crippen molar-refractivity contribution in [3.8, 4) is 0 Å². The van der Waals surface area contributed by atoms with Crippen molar-refractivity contribution >= 4 is 58.3 Å². The Kier molecular flexibility index (Phi) is 4.09. The van der Waals surface area contributed by atoms with Crippen LogP contribution in [-0.4, -0.2) is 29.7 Å². The molecule has 3 heterocycles. The van der Waals surface area contributed by atoms with Gasteiger partial charge in [0.2, 0.25) is 11.8 Å². The number of para-hydroxylation sites is 1. The van der Waals surface area contributed by atoms with Crippen molar-refractivity contribution in [3.63, 3.8) is 0 Å². The minimum Gasteiger partial charge on any atom is -0.353 e. The second-order valence-corrected chi connectivity index (χ2v) is 8.37. The molecular formula is C22H16Cl2N2O3. The van der Waals surface area contributed by atoms with E-state index in [0.29, 0.717) is 10.7 Å². The van der Waals surface area contributed by atoms with Gasteiger partial charge in [0.25, 0.3) is 0 Å². The van der Waals surface area contributed by atoms with Gasteiger partial charge in [0.05, 0.1) is 28.6 Å². The molecule has 146 valence electrons. The number of ketones is 1. The molecule has 0 aliphatic carbocycles. The Morgan fingerprint density at radius 2 is 1.69 bits per heavy atom. The van der Waals surface area contributed by atoms with E-state index < -0.39 is 23.8 Å². The number of halogens is 2. The molecule has 2 fully saturated rings. The van der Waals surface area contributed by atoms with Crippen molar-refractivity contribution in [2.75, 3.05) is 9.80 Å². The van der Waals surface area contributed by atoms with Gasteiger partial charge in [0.15, 0.2) is 5.78 Å². The second-order valence-electron chi connectivity index (χ2n) is 7.53. The predicted octanol–water partition coefficient (Wildman–Crippen LogP) is 3.97. The van der Waals surface area contributed by atoms with Gasteiger partial charge in [0, 0.05) is 10.7 Å². The third-order valence-electron chi connectivity index (χ3n) is 5.98. The minimum absolute atomic E-state index is 0.141. The van der Waals surface area contributed by atoms with Crippen LogP contribution in [0, 0.1) is 11.8 Å². The molecular weight excluding hydrogens is 411 g/mol. The highest BCUT2D eigenvalue weighted by Crippen LogP contribution is 2.49. The molecule has 2 amide bonds. The summed E-state index contributed by atoms with van der Waals surface area (Å²) in [6, 6.07) is 11.3. The van der Waals surface area contributed by atoms with Gasteiger partial charge < -0.3 is 4.90 Å². The number of carbonyl (C=O) groups excluding carboxylic acids is 3. The fourth-order valence-electron chi connectivity index (χ4n) is 4.87. The first-order valence-electron chi connectivity index (χ1n) is 9.29. The van der Waals surface area contributed by atoms with Gasteiger partial charge in [-0.15, -0.1) is 0 Å². The summed E-state index contributed by atoms with van der Waals surface area (Å²) in [5, 5.41) is 0.637. The number of nitrogens with zero attached hydrogens (tertiary/aromatic N) is 2. The maximum Gasteiger partial charge on any atom is 0.240 e. The molecule has 0 N–H and O–H groups in total. The van der Waals surface area contributed by atoms with E-state index in [1.807, 2.05) is 41.3 Å². The molecule has 7 heteroatoms. The molecule has 5 nitrogen and oxygen atoms in total. The Hall–Kier alpha value is -2.63. The summed E-state index contributed by atoms with van der Waals surface area (Å²) in [6.45, 7) is 1.47. The van der Waals surface area contributed by atoms with Crippen molar-refractivity contribution in [1.29, 1.82) is 0 Å². The van der Waals surface area contributed by atoms with Gasteiger partial charge >= 0.3 is 0 Å². The molecule has 2 aromatic rings. The van der Waals surface area contributed by atoms with E-state index in [-0.39, 0.29) is 22.8 Å². The van der Waals surface area contributed by atoms with Crippen LogP contribution >= 0.6 is 23.2 Å². The third-order valence-corrected chi connectivity index (χ3v) is 6.52. The van der Waals surface area contributed by atoms with Gasteiger partial charge in [-0.1, -0.05) is 53.6 Å². The number of hydrogen-bond donors (Lipinski definition) is 0. The molecule has 2 saturated heterocycles. The Balaban J connectivity index is 1.63. The van der Waals surface area contributed by atoms with Crippen LogP contribution in [0.3, 0.4) is 0 Å². The van der Waals surface area contributed by atoms with Gasteiger partial charge in [-0.3, -0.25) is 14.4 Å². The molecule has 0 spiro atoms. The fraction of sp³-hybridized carbons (Fsp3) is 0.227. The summed E-state index contributed by atoms with van der Waals surface area (Å²) in [4.78, 5) is 42.6. The highest BCUT2D eigenvalue weighted by molar-refractivity contribution is 6.38. The first-order valence-corrected chi connectivity index (χ1v) is 10.0. The third kappa shape index (κ3) is 2.51. The topological polar surface area (TPSA) is 57.7 Å². The molecule has 5 rings (SSSR count). The SMILES string of the molecule is CC(=O)[C@@H]1[C@@H]2C(=O)N(c3ccc(Cl)cc3Cl)C(=O)[C@@H]2[C@H]2C=Cc3ccccc3N21. The summed E-state index contributed by atoms with van der Waals surface area (Å²) in [6.07, 6.45) is 3.87. The van der Waals surface area contributed by atoms with E-state index in [2.05, 4.69) is 0 Å². The largest absolute Gasteiger partial charge is 0.353 e. The summed E-state index contributed by atoms with van der Waals surface area (Å²) >= 11 is 12.2. The van der Waals surface area contributed by atoms with Crippen LogP contribution in [0.4, 0.5) is 11.4 Å². The van der Waals surface area contributed by atoms with Crippen LogP contribution in [-0.2, 0) is 14.4 Å². The van der Waals surface area contributed by atoms with Crippen LogP contribution in [0.15, 0.2) is 48.5 Å². The molecule has 3 aliphatic rings. The Morgan fingerprint density at radius 1 is 0.966 bits per heavy atom. The average Bonchev–Trinajstić information content (AvgIpc) is 3.16. The number of imide groups is 1. The molecule has 2 aromatic carbocycles. The first kappa shape index (κ1) is 18.4. The maximum absolute atomic E-state index is 13.4. The zero-order chi connectivity index (χ0) is 20.4. The van der Waals surface area contributed by atoms with E-state index in [1.165, 1.54) is 13.0 Å². The number of amides is 2. The summed E-state index contributed by atoms with van der Waals surface area (Å²) in [7, 11) is 0. The normalized spacial score (nSPS) is 27.1. The Morgan fingerprint density at radius 3 is 2.41 bits per heavy atom. The maximum atomic E-state index is 13.4. The molecule has 0 saturated carbocycles. The standard InChI is InChI=1S/C22H16Cl2N2O3/c1-11(27)20-19-18(17-8-6-12-4-2-3-5-15(12)25(17)20)21(28)26(22(19)29)16-9-7-13(23)10-14(16)24/h2-10,17-20H,1H3/t17-,18-,19-,20-/m1/s1. The number of anilines is 2. The molecule has 0 radical (unpaired) electrons. The van der Waals surface area contributed by atoms with Crippen molar-refractivity contribution in [1.82, 2.24) is 0 Å². The number of carbonyl (C=O) groups is 3. The predicted molar refractivity (Wildman–Crippen MR) is 112 cm³/mol. The lowest BCUT2D eigenvalue weighted by atomic mass is 9.88. The highest BCUT2D eigenvalue weighted by atomic mass is 35.5. The number of rotatable bonds is 2. The van der Waals surface area contributed by atoms with Crippen molar-refractivity contribution < 1.29 is 14.4 Å². The number of hydrogen-bond acceptors (Lipinski definition) is 4. The summed E-state index contributed by atoms with van der Waals surface area (Å²) in [5.74, 6) is -2.28. The highest BCUT2D eigenvalue weighted by Gasteiger charge is 2.63. The molecule has 0 unspecified atom stereocenters. The minimum atomic E-state index is -0.757. The van der Waals surface area contributed by atoms with E-state index >= 15 is 0 Å². The van der Waals surface area contributed by atoms with Gasteiger partial charge in [-0.05, 0) is 36.8 Å². The lowest BCUT2D eigenvalue weighted by molar-refractivity contribution is -0.126. The zero-order valence-corrected chi connectivity index (χ0v) is 16.9. The van der Waals surface area contributed by atoms with E-state index in [4.69, 9.17) is 23.2 Å². The smallest absolute Gasteiger partial charge is 0.240 e. The Labute approximate surface area is 177 Å². The molecule has 3 aliphatic heterocycles. The van der Waals surface area contributed by atoms with Crippen LogP contribution in [0.25, 0.3) is 6.08 Å². The quantitative estimate of drug-likeness (QED) is 0.681. The molecule has 0 aromatic heterocycles. The van der Waals surface area contributed by atoms with E-state index in [0.717, 1.165) is 16.2 Å². The van der Waals surface area contributed by atoms with Crippen molar-refractivity contribution in [2.45, 2.75) is 19.0 Å². The number of Topliss-reactive ketones (excluding diaryl/α,β-unsaturated/α-hetero) is 1. The summed E-state index contributed by atoms with van der Waals surface area (Å²) in [5.41, 5.74) is 2.13. The number of benzene rings is 2. The summed E-state index contributed by atoms with van der Waals surface area (Å²) < 4.78 is 0. The number of fused-ring (bicyclic) bond motifs is 5. The van der Waals surface area contributed by atoms with E-state index in [1.54, 1.807) is 12.1 Å². The lowest BCUT2D eigenvalue weighted by Crippen LogP contribution is -2.48. The molecule has 29 heavy (non-hydrogen) atoms. The van der Waals surface area contributed by atoms with Gasteiger partial charge in [0.1, 0.15) is 6.04 Å². The van der Waals surface area contributed by atoms with Crippen LogP contribution < -0.4 is 9.80 Å². The second kappa shape index (κ2) is 6.44. The van der Waals surface area contributed by atoms with Gasteiger partial charge in [-0.2, -0.15) is 0 Å². The fourth-order valence-corrected chi connectivity index (χ4v) is 5.37. The van der Waals surface area contributed by atoms with Crippen LogP contribution in [0.2, 0.25) is 10.0 Å². The molecule has 4 atom stereocenters. The van der Waals surface area contributed by atoms with Crippen LogP contribution in [0.5, 0.6) is 0 Å². The van der Waals surface area contributed by atoms with Gasteiger partial charge in [-0.25, -0.2) is 4.90 Å². The first-order chi connectivity index (χ1) is 13.9. The monoisotopic (exact) mass is 426 g/mol. The molecule has 0 bridgehead atoms. The lowest BCUT2D eigenvalue weighted by Gasteiger charge is -2.36. The van der Waals surface area contributed by atoms with E-state index in [9.17, 15) is 14.4 Å². The zero-order valence-electron chi connectivity index (χ0n) is 15.4. The Bertz CT molecular complexity index is 1110. The van der Waals surface area contributed by atoms with Crippen molar-refractivity contribution in [2.24, 2.45) is 11.8 Å². The van der Waals surface area contributed by atoms with Crippen LogP contribution in [0.1, 0.15) is 12.5 Å². The average molecular weight is 427 g/mol.